The van der Waals surface area contributed by atoms with Crippen molar-refractivity contribution < 1.29 is 14.3 Å². The molecule has 14 heavy (non-hydrogen) atoms. The van der Waals surface area contributed by atoms with Crippen molar-refractivity contribution in [2.45, 2.75) is 32.8 Å². The Hall–Kier alpha value is -0.830. The van der Waals surface area contributed by atoms with Crippen LogP contribution in [0, 0.1) is 5.41 Å². The van der Waals surface area contributed by atoms with Gasteiger partial charge in [0, 0.05) is 18.9 Å². The Kier molecular flexibility index (Phi) is 2.35. The molecular formula is C11H16O3. The number of rotatable bonds is 3. The van der Waals surface area contributed by atoms with Crippen LogP contribution in [0.4, 0.5) is 0 Å². The van der Waals surface area contributed by atoms with E-state index in [2.05, 4.69) is 13.8 Å². The Morgan fingerprint density at radius 1 is 1.57 bits per heavy atom. The molecule has 0 spiro atoms. The van der Waals surface area contributed by atoms with E-state index < -0.39 is 0 Å². The fourth-order valence-corrected chi connectivity index (χ4v) is 1.74. The summed E-state index contributed by atoms with van der Waals surface area (Å²) >= 11 is 0. The predicted octanol–water partition coefficient (Wildman–Crippen LogP) is 1.67. The lowest BCUT2D eigenvalue weighted by Crippen LogP contribution is -2.23. The average Bonchev–Trinajstić information content (AvgIpc) is 2.79. The molecule has 0 aromatic heterocycles. The lowest BCUT2D eigenvalue weighted by atomic mass is 9.79. The highest BCUT2D eigenvalue weighted by Crippen LogP contribution is 2.34. The molecule has 1 aliphatic carbocycles. The normalized spacial score (nSPS) is 29.7. The van der Waals surface area contributed by atoms with E-state index in [0.29, 0.717) is 13.0 Å². The van der Waals surface area contributed by atoms with Crippen LogP contribution in [0.3, 0.4) is 0 Å². The van der Waals surface area contributed by atoms with Gasteiger partial charge in [-0.3, -0.25) is 4.79 Å². The summed E-state index contributed by atoms with van der Waals surface area (Å²) in [4.78, 5) is 11.4. The van der Waals surface area contributed by atoms with E-state index in [4.69, 9.17) is 9.47 Å². The van der Waals surface area contributed by atoms with Gasteiger partial charge in [-0.25, -0.2) is 0 Å². The molecule has 1 unspecified atom stereocenters. The molecule has 0 amide bonds. The third kappa shape index (κ3) is 2.58. The molecule has 1 atom stereocenters. The monoisotopic (exact) mass is 196 g/mol. The Morgan fingerprint density at radius 2 is 2.29 bits per heavy atom. The van der Waals surface area contributed by atoms with Gasteiger partial charge >= 0.3 is 0 Å². The summed E-state index contributed by atoms with van der Waals surface area (Å²) in [5, 5.41) is 0. The number of carbonyl (C=O) groups is 1. The van der Waals surface area contributed by atoms with Gasteiger partial charge in [0.2, 0.25) is 0 Å². The zero-order chi connectivity index (χ0) is 10.2. The van der Waals surface area contributed by atoms with E-state index in [9.17, 15) is 4.79 Å². The first-order chi connectivity index (χ1) is 6.55. The molecule has 0 radical (unpaired) electrons. The summed E-state index contributed by atoms with van der Waals surface area (Å²) in [7, 11) is 0. The first-order valence-corrected chi connectivity index (χ1v) is 5.03. The first kappa shape index (κ1) is 9.71. The van der Waals surface area contributed by atoms with Crippen LogP contribution in [-0.2, 0) is 14.3 Å². The third-order valence-corrected chi connectivity index (χ3v) is 2.48. The molecule has 1 saturated heterocycles. The van der Waals surface area contributed by atoms with Crippen molar-refractivity contribution in [2.75, 3.05) is 13.2 Å². The second kappa shape index (κ2) is 3.39. The second-order valence-electron chi connectivity index (χ2n) is 4.86. The van der Waals surface area contributed by atoms with E-state index in [1.54, 1.807) is 6.08 Å². The van der Waals surface area contributed by atoms with Gasteiger partial charge in [0.05, 0.1) is 6.61 Å². The van der Waals surface area contributed by atoms with Crippen molar-refractivity contribution in [3.05, 3.63) is 11.8 Å². The molecule has 1 aliphatic heterocycles. The molecule has 2 rings (SSSR count). The van der Waals surface area contributed by atoms with E-state index in [1.165, 1.54) is 0 Å². The molecule has 0 aromatic rings. The van der Waals surface area contributed by atoms with E-state index in [1.807, 2.05) is 0 Å². The Balaban J connectivity index is 1.92. The summed E-state index contributed by atoms with van der Waals surface area (Å²) in [6.07, 6.45) is 3.37. The number of epoxide rings is 1. The van der Waals surface area contributed by atoms with Crippen LogP contribution in [0.2, 0.25) is 0 Å². The SMILES string of the molecule is CC1(C)CC(=O)C=C(OCC2CO2)C1. The summed E-state index contributed by atoms with van der Waals surface area (Å²) in [6, 6.07) is 0. The molecule has 1 heterocycles. The van der Waals surface area contributed by atoms with Gasteiger partial charge < -0.3 is 9.47 Å². The maximum atomic E-state index is 11.4. The van der Waals surface area contributed by atoms with Crippen LogP contribution < -0.4 is 0 Å². The van der Waals surface area contributed by atoms with Crippen molar-refractivity contribution >= 4 is 5.78 Å². The first-order valence-electron chi connectivity index (χ1n) is 5.03. The van der Waals surface area contributed by atoms with Crippen molar-refractivity contribution in [1.29, 1.82) is 0 Å². The molecule has 0 saturated carbocycles. The van der Waals surface area contributed by atoms with E-state index in [-0.39, 0.29) is 17.3 Å². The van der Waals surface area contributed by atoms with E-state index >= 15 is 0 Å². The van der Waals surface area contributed by atoms with Crippen molar-refractivity contribution in [3.63, 3.8) is 0 Å². The molecule has 0 bridgehead atoms. The van der Waals surface area contributed by atoms with Crippen LogP contribution in [0.1, 0.15) is 26.7 Å². The summed E-state index contributed by atoms with van der Waals surface area (Å²) in [5.41, 5.74) is 0.0472. The summed E-state index contributed by atoms with van der Waals surface area (Å²) < 4.78 is 10.6. The lowest BCUT2D eigenvalue weighted by molar-refractivity contribution is -0.117. The highest BCUT2D eigenvalue weighted by molar-refractivity contribution is 5.91. The minimum Gasteiger partial charge on any atom is -0.495 e. The van der Waals surface area contributed by atoms with Gasteiger partial charge in [0.15, 0.2) is 5.78 Å². The van der Waals surface area contributed by atoms with Crippen LogP contribution in [-0.4, -0.2) is 25.1 Å². The van der Waals surface area contributed by atoms with Crippen LogP contribution >= 0.6 is 0 Å². The molecule has 2 aliphatic rings. The Labute approximate surface area is 84.1 Å². The smallest absolute Gasteiger partial charge is 0.159 e. The lowest BCUT2D eigenvalue weighted by Gasteiger charge is -2.28. The zero-order valence-corrected chi connectivity index (χ0v) is 8.71. The van der Waals surface area contributed by atoms with Crippen molar-refractivity contribution in [3.8, 4) is 0 Å². The highest BCUT2D eigenvalue weighted by atomic mass is 16.6. The van der Waals surface area contributed by atoms with Gasteiger partial charge in [-0.2, -0.15) is 0 Å². The maximum Gasteiger partial charge on any atom is 0.159 e. The fourth-order valence-electron chi connectivity index (χ4n) is 1.74. The Bertz CT molecular complexity index is 274. The maximum absolute atomic E-state index is 11.4. The van der Waals surface area contributed by atoms with Crippen molar-refractivity contribution in [1.82, 2.24) is 0 Å². The molecular weight excluding hydrogens is 180 g/mol. The highest BCUT2D eigenvalue weighted by Gasteiger charge is 2.30. The molecule has 0 aromatic carbocycles. The number of hydrogen-bond acceptors (Lipinski definition) is 3. The molecule has 3 nitrogen and oxygen atoms in total. The molecule has 0 N–H and O–H groups in total. The minimum atomic E-state index is 0.0472. The number of allylic oxidation sites excluding steroid dienone is 2. The number of carbonyl (C=O) groups excluding carboxylic acids is 1. The number of hydrogen-bond donors (Lipinski definition) is 0. The van der Waals surface area contributed by atoms with Gasteiger partial charge in [0.1, 0.15) is 18.5 Å². The van der Waals surface area contributed by atoms with E-state index in [0.717, 1.165) is 18.8 Å². The third-order valence-electron chi connectivity index (χ3n) is 2.48. The largest absolute Gasteiger partial charge is 0.495 e. The van der Waals surface area contributed by atoms with Crippen LogP contribution in [0.5, 0.6) is 0 Å². The molecule has 78 valence electrons. The fraction of sp³-hybridized carbons (Fsp3) is 0.727. The minimum absolute atomic E-state index is 0.0472. The second-order valence-corrected chi connectivity index (χ2v) is 4.86. The summed E-state index contributed by atoms with van der Waals surface area (Å²) in [5.74, 6) is 0.995. The molecule has 3 heteroatoms. The topological polar surface area (TPSA) is 38.8 Å². The Morgan fingerprint density at radius 3 is 2.86 bits per heavy atom. The van der Waals surface area contributed by atoms with Crippen molar-refractivity contribution in [2.24, 2.45) is 5.41 Å². The van der Waals surface area contributed by atoms with Crippen LogP contribution in [0.15, 0.2) is 11.8 Å². The summed E-state index contributed by atoms with van der Waals surface area (Å²) in [6.45, 7) is 5.57. The number of ether oxygens (including phenoxy) is 2. The average molecular weight is 196 g/mol. The van der Waals surface area contributed by atoms with Gasteiger partial charge in [0.25, 0.3) is 0 Å². The quantitative estimate of drug-likeness (QED) is 0.644. The predicted molar refractivity (Wildman–Crippen MR) is 51.8 cm³/mol. The van der Waals surface area contributed by atoms with Gasteiger partial charge in [-0.05, 0) is 5.41 Å². The van der Waals surface area contributed by atoms with Gasteiger partial charge in [-0.1, -0.05) is 13.8 Å². The zero-order valence-electron chi connectivity index (χ0n) is 8.71. The molecule has 1 fully saturated rings. The standard InChI is InChI=1S/C11H16O3/c1-11(2)4-8(12)3-9(5-11)13-6-10-7-14-10/h3,10H,4-7H2,1-2H3. The van der Waals surface area contributed by atoms with Gasteiger partial charge in [-0.15, -0.1) is 0 Å². The number of ketones is 1. The van der Waals surface area contributed by atoms with Crippen LogP contribution in [0.25, 0.3) is 0 Å².